The van der Waals surface area contributed by atoms with Crippen molar-refractivity contribution >= 4 is 17.2 Å². The molecule has 0 spiro atoms. The molecule has 0 fully saturated rings. The molecule has 0 aliphatic heterocycles. The summed E-state index contributed by atoms with van der Waals surface area (Å²) in [7, 11) is 0. The van der Waals surface area contributed by atoms with Gasteiger partial charge in [0, 0.05) is 23.4 Å². The first-order chi connectivity index (χ1) is 10.8. The fourth-order valence-electron chi connectivity index (χ4n) is 1.88. The van der Waals surface area contributed by atoms with E-state index < -0.39 is 22.4 Å². The summed E-state index contributed by atoms with van der Waals surface area (Å²) in [6, 6.07) is 9.58. The fraction of sp³-hybridized carbons (Fsp3) is 0.133. The third-order valence-electron chi connectivity index (χ3n) is 3.02. The van der Waals surface area contributed by atoms with E-state index in [9.17, 15) is 28.1 Å². The second kappa shape index (κ2) is 6.47. The Kier molecular flexibility index (Phi) is 4.63. The summed E-state index contributed by atoms with van der Waals surface area (Å²) >= 11 is 0. The lowest BCUT2D eigenvalue weighted by Gasteiger charge is -2.10. The van der Waals surface area contributed by atoms with Gasteiger partial charge in [-0.15, -0.1) is 0 Å². The molecule has 120 valence electrons. The highest BCUT2D eigenvalue weighted by Gasteiger charge is 2.30. The number of carbonyl (C=O) groups is 1. The van der Waals surface area contributed by atoms with E-state index in [1.807, 2.05) is 0 Å². The molecule has 0 saturated heterocycles. The van der Waals surface area contributed by atoms with E-state index in [4.69, 9.17) is 0 Å². The SMILES string of the molecule is O=C(CNc1cccc(C(F)(F)F)c1)c1cccc([N+](=O)[O-])c1. The van der Waals surface area contributed by atoms with Crippen molar-refractivity contribution in [3.63, 3.8) is 0 Å². The summed E-state index contributed by atoms with van der Waals surface area (Å²) in [6.45, 7) is -0.275. The molecule has 0 amide bonds. The van der Waals surface area contributed by atoms with Crippen molar-refractivity contribution in [3.05, 3.63) is 69.8 Å². The predicted molar refractivity (Wildman–Crippen MR) is 77.4 cm³/mol. The van der Waals surface area contributed by atoms with Crippen molar-refractivity contribution in [2.24, 2.45) is 0 Å². The third-order valence-corrected chi connectivity index (χ3v) is 3.02. The highest BCUT2D eigenvalue weighted by Crippen LogP contribution is 2.30. The summed E-state index contributed by atoms with van der Waals surface area (Å²) < 4.78 is 37.8. The number of halogens is 3. The summed E-state index contributed by atoms with van der Waals surface area (Å²) in [5.41, 5.74) is -0.808. The molecule has 2 rings (SSSR count). The van der Waals surface area contributed by atoms with Gasteiger partial charge in [-0.3, -0.25) is 14.9 Å². The largest absolute Gasteiger partial charge is 0.416 e. The predicted octanol–water partition coefficient (Wildman–Crippen LogP) is 3.91. The minimum absolute atomic E-state index is 0.110. The van der Waals surface area contributed by atoms with E-state index in [2.05, 4.69) is 5.32 Å². The van der Waals surface area contributed by atoms with Crippen LogP contribution in [0.2, 0.25) is 0 Å². The Morgan fingerprint density at radius 2 is 1.83 bits per heavy atom. The highest BCUT2D eigenvalue weighted by atomic mass is 19.4. The number of nitro benzene ring substituents is 1. The molecule has 0 atom stereocenters. The number of nitrogens with one attached hydrogen (secondary N) is 1. The van der Waals surface area contributed by atoms with Gasteiger partial charge in [-0.2, -0.15) is 13.2 Å². The second-order valence-electron chi connectivity index (χ2n) is 4.66. The molecule has 5 nitrogen and oxygen atoms in total. The molecule has 0 saturated carbocycles. The number of nitrogens with zero attached hydrogens (tertiary/aromatic N) is 1. The topological polar surface area (TPSA) is 72.2 Å². The summed E-state index contributed by atoms with van der Waals surface area (Å²) in [5, 5.41) is 13.2. The average molecular weight is 324 g/mol. The molecular formula is C15H11F3N2O3. The molecule has 2 aromatic carbocycles. The third kappa shape index (κ3) is 4.29. The maximum atomic E-state index is 12.6. The zero-order chi connectivity index (χ0) is 17.0. The van der Waals surface area contributed by atoms with Crippen molar-refractivity contribution in [2.45, 2.75) is 6.18 Å². The Hall–Kier alpha value is -2.90. The molecule has 0 heterocycles. The maximum absolute atomic E-state index is 12.6. The average Bonchev–Trinajstić information content (AvgIpc) is 2.52. The van der Waals surface area contributed by atoms with E-state index in [1.54, 1.807) is 0 Å². The van der Waals surface area contributed by atoms with Crippen molar-refractivity contribution in [1.29, 1.82) is 0 Å². The minimum Gasteiger partial charge on any atom is -0.378 e. The molecular weight excluding hydrogens is 313 g/mol. The second-order valence-corrected chi connectivity index (χ2v) is 4.66. The first-order valence-corrected chi connectivity index (χ1v) is 6.46. The van der Waals surface area contributed by atoms with Gasteiger partial charge in [0.15, 0.2) is 5.78 Å². The molecule has 1 N–H and O–H groups in total. The van der Waals surface area contributed by atoms with Crippen LogP contribution in [0.5, 0.6) is 0 Å². The number of hydrogen-bond acceptors (Lipinski definition) is 4. The molecule has 0 bridgehead atoms. The first-order valence-electron chi connectivity index (χ1n) is 6.46. The van der Waals surface area contributed by atoms with Crippen LogP contribution >= 0.6 is 0 Å². The van der Waals surface area contributed by atoms with Gasteiger partial charge in [-0.1, -0.05) is 18.2 Å². The Balaban J connectivity index is 2.08. The highest BCUT2D eigenvalue weighted by molar-refractivity contribution is 5.99. The van der Waals surface area contributed by atoms with Crippen molar-refractivity contribution < 1.29 is 22.9 Å². The monoisotopic (exact) mass is 324 g/mol. The van der Waals surface area contributed by atoms with E-state index in [1.165, 1.54) is 30.3 Å². The van der Waals surface area contributed by atoms with Crippen LogP contribution in [-0.4, -0.2) is 17.3 Å². The number of hydrogen-bond donors (Lipinski definition) is 1. The number of non-ortho nitro benzene ring substituents is 1. The van der Waals surface area contributed by atoms with Gasteiger partial charge in [0.25, 0.3) is 5.69 Å². The van der Waals surface area contributed by atoms with E-state index in [0.29, 0.717) is 0 Å². The minimum atomic E-state index is -4.47. The van der Waals surface area contributed by atoms with Crippen LogP contribution in [0, 0.1) is 10.1 Å². The first kappa shape index (κ1) is 16.5. The number of benzene rings is 2. The molecule has 0 radical (unpaired) electrons. The number of nitro groups is 1. The van der Waals surface area contributed by atoms with Gasteiger partial charge in [0.1, 0.15) is 0 Å². The zero-order valence-corrected chi connectivity index (χ0v) is 11.6. The molecule has 0 aliphatic carbocycles. The zero-order valence-electron chi connectivity index (χ0n) is 11.6. The van der Waals surface area contributed by atoms with Crippen molar-refractivity contribution in [2.75, 3.05) is 11.9 Å². The normalized spacial score (nSPS) is 11.1. The lowest BCUT2D eigenvalue weighted by molar-refractivity contribution is -0.384. The smallest absolute Gasteiger partial charge is 0.378 e. The molecule has 2 aromatic rings. The van der Waals surface area contributed by atoms with Crippen LogP contribution in [0.3, 0.4) is 0 Å². The summed E-state index contributed by atoms with van der Waals surface area (Å²) in [4.78, 5) is 22.0. The van der Waals surface area contributed by atoms with Crippen LogP contribution < -0.4 is 5.32 Å². The maximum Gasteiger partial charge on any atom is 0.416 e. The van der Waals surface area contributed by atoms with Crippen LogP contribution in [-0.2, 0) is 6.18 Å². The number of alkyl halides is 3. The standard InChI is InChI=1S/C15H11F3N2O3/c16-15(17,18)11-4-2-5-12(8-11)19-9-14(21)10-3-1-6-13(7-10)20(22)23/h1-8,19H,9H2. The van der Waals surface area contributed by atoms with Gasteiger partial charge in [0.2, 0.25) is 0 Å². The lowest BCUT2D eigenvalue weighted by atomic mass is 10.1. The van der Waals surface area contributed by atoms with Gasteiger partial charge in [0.05, 0.1) is 17.0 Å². The lowest BCUT2D eigenvalue weighted by Crippen LogP contribution is -2.14. The number of ketones is 1. The Bertz CT molecular complexity index is 745. The number of anilines is 1. The molecule has 8 heteroatoms. The summed E-state index contributed by atoms with van der Waals surface area (Å²) in [5.74, 6) is -0.467. The van der Waals surface area contributed by atoms with Crippen LogP contribution in [0.15, 0.2) is 48.5 Å². The van der Waals surface area contributed by atoms with E-state index in [-0.39, 0.29) is 23.5 Å². The van der Waals surface area contributed by atoms with Crippen LogP contribution in [0.4, 0.5) is 24.5 Å². The van der Waals surface area contributed by atoms with Gasteiger partial charge in [-0.25, -0.2) is 0 Å². The molecule has 0 aromatic heterocycles. The number of Topliss-reactive ketones (excluding diaryl/α,β-unsaturated/α-hetero) is 1. The Morgan fingerprint density at radius 3 is 2.48 bits per heavy atom. The fourth-order valence-corrected chi connectivity index (χ4v) is 1.88. The van der Waals surface area contributed by atoms with Crippen molar-refractivity contribution in [1.82, 2.24) is 0 Å². The summed E-state index contributed by atoms with van der Waals surface area (Å²) in [6.07, 6.45) is -4.47. The number of carbonyl (C=O) groups excluding carboxylic acids is 1. The molecule has 0 aliphatic rings. The van der Waals surface area contributed by atoms with E-state index in [0.717, 1.165) is 18.2 Å². The quantitative estimate of drug-likeness (QED) is 0.514. The van der Waals surface area contributed by atoms with Crippen LogP contribution in [0.25, 0.3) is 0 Å². The van der Waals surface area contributed by atoms with Gasteiger partial charge < -0.3 is 5.32 Å². The van der Waals surface area contributed by atoms with Crippen LogP contribution in [0.1, 0.15) is 15.9 Å². The molecule has 0 unspecified atom stereocenters. The Labute approximate surface area is 128 Å². The van der Waals surface area contributed by atoms with Crippen molar-refractivity contribution in [3.8, 4) is 0 Å². The number of rotatable bonds is 5. The Morgan fingerprint density at radius 1 is 1.13 bits per heavy atom. The van der Waals surface area contributed by atoms with Gasteiger partial charge >= 0.3 is 6.18 Å². The van der Waals surface area contributed by atoms with E-state index >= 15 is 0 Å². The molecule has 23 heavy (non-hydrogen) atoms. The van der Waals surface area contributed by atoms with Gasteiger partial charge in [-0.05, 0) is 18.2 Å².